The number of hydrogen-bond donors (Lipinski definition) is 1. The SMILES string of the molecule is COC(=O)c1ccc(N)c(N2CCN(C(=O)C3CCCC3)CC2)c1. The lowest BCUT2D eigenvalue weighted by molar-refractivity contribution is -0.135. The van der Waals surface area contributed by atoms with Crippen molar-refractivity contribution in [2.75, 3.05) is 43.9 Å². The van der Waals surface area contributed by atoms with Gasteiger partial charge in [-0.2, -0.15) is 0 Å². The van der Waals surface area contributed by atoms with Crippen molar-refractivity contribution in [3.05, 3.63) is 23.8 Å². The van der Waals surface area contributed by atoms with Crippen molar-refractivity contribution in [3.8, 4) is 0 Å². The zero-order valence-electron chi connectivity index (χ0n) is 14.2. The van der Waals surface area contributed by atoms with E-state index in [1.807, 2.05) is 4.90 Å². The first kappa shape index (κ1) is 16.6. The highest BCUT2D eigenvalue weighted by Crippen LogP contribution is 2.29. The highest BCUT2D eigenvalue weighted by molar-refractivity contribution is 5.92. The van der Waals surface area contributed by atoms with E-state index in [9.17, 15) is 9.59 Å². The molecule has 1 aliphatic carbocycles. The predicted octanol–water partition coefficient (Wildman–Crippen LogP) is 1.89. The number of nitrogen functional groups attached to an aromatic ring is 1. The number of nitrogens with two attached hydrogens (primary N) is 1. The predicted molar refractivity (Wildman–Crippen MR) is 92.9 cm³/mol. The molecule has 1 saturated heterocycles. The first-order valence-corrected chi connectivity index (χ1v) is 8.61. The first-order valence-electron chi connectivity index (χ1n) is 8.61. The second kappa shape index (κ2) is 7.11. The van der Waals surface area contributed by atoms with Gasteiger partial charge in [0.15, 0.2) is 0 Å². The number of rotatable bonds is 3. The summed E-state index contributed by atoms with van der Waals surface area (Å²) in [6.45, 7) is 2.87. The van der Waals surface area contributed by atoms with Gasteiger partial charge in [-0.1, -0.05) is 12.8 Å². The van der Waals surface area contributed by atoms with E-state index in [1.54, 1.807) is 18.2 Å². The maximum absolute atomic E-state index is 12.5. The summed E-state index contributed by atoms with van der Waals surface area (Å²) in [5.41, 5.74) is 8.05. The summed E-state index contributed by atoms with van der Waals surface area (Å²) in [5, 5.41) is 0. The van der Waals surface area contributed by atoms with Crippen LogP contribution >= 0.6 is 0 Å². The van der Waals surface area contributed by atoms with E-state index in [1.165, 1.54) is 20.0 Å². The molecule has 0 bridgehead atoms. The molecule has 2 aliphatic rings. The Morgan fingerprint density at radius 2 is 1.79 bits per heavy atom. The molecule has 0 spiro atoms. The molecule has 1 heterocycles. The number of carbonyl (C=O) groups excluding carboxylic acids is 2. The van der Waals surface area contributed by atoms with Crippen LogP contribution in [0.25, 0.3) is 0 Å². The maximum atomic E-state index is 12.5. The molecule has 0 atom stereocenters. The normalized spacial score (nSPS) is 18.7. The monoisotopic (exact) mass is 331 g/mol. The molecule has 0 aromatic heterocycles. The third-order valence-electron chi connectivity index (χ3n) is 5.09. The molecule has 2 N–H and O–H groups in total. The number of amides is 1. The Hall–Kier alpha value is -2.24. The van der Waals surface area contributed by atoms with Crippen molar-refractivity contribution in [1.82, 2.24) is 4.90 Å². The number of methoxy groups -OCH3 is 1. The first-order chi connectivity index (χ1) is 11.6. The average molecular weight is 331 g/mol. The lowest BCUT2D eigenvalue weighted by Crippen LogP contribution is -2.50. The molecule has 6 nitrogen and oxygen atoms in total. The van der Waals surface area contributed by atoms with Gasteiger partial charge >= 0.3 is 5.97 Å². The zero-order chi connectivity index (χ0) is 17.1. The summed E-state index contributed by atoms with van der Waals surface area (Å²) in [6, 6.07) is 5.18. The fourth-order valence-electron chi connectivity index (χ4n) is 3.66. The summed E-state index contributed by atoms with van der Waals surface area (Å²) < 4.78 is 4.77. The molecule has 2 fully saturated rings. The number of nitrogens with zero attached hydrogens (tertiary/aromatic N) is 2. The van der Waals surface area contributed by atoms with Crippen molar-refractivity contribution >= 4 is 23.3 Å². The fourth-order valence-corrected chi connectivity index (χ4v) is 3.66. The van der Waals surface area contributed by atoms with Crippen LogP contribution in [-0.2, 0) is 9.53 Å². The van der Waals surface area contributed by atoms with Gasteiger partial charge < -0.3 is 20.3 Å². The van der Waals surface area contributed by atoms with Gasteiger partial charge in [0.25, 0.3) is 0 Å². The maximum Gasteiger partial charge on any atom is 0.337 e. The number of hydrogen-bond acceptors (Lipinski definition) is 5. The molecule has 0 radical (unpaired) electrons. The number of benzene rings is 1. The third-order valence-corrected chi connectivity index (χ3v) is 5.09. The third kappa shape index (κ3) is 3.32. The fraction of sp³-hybridized carbons (Fsp3) is 0.556. The van der Waals surface area contributed by atoms with E-state index in [2.05, 4.69) is 4.90 Å². The Morgan fingerprint density at radius 1 is 1.12 bits per heavy atom. The van der Waals surface area contributed by atoms with E-state index < -0.39 is 0 Å². The largest absolute Gasteiger partial charge is 0.465 e. The minimum atomic E-state index is -0.369. The van der Waals surface area contributed by atoms with Crippen molar-refractivity contribution in [1.29, 1.82) is 0 Å². The van der Waals surface area contributed by atoms with Crippen molar-refractivity contribution in [3.63, 3.8) is 0 Å². The van der Waals surface area contributed by atoms with E-state index in [0.29, 0.717) is 30.2 Å². The standard InChI is InChI=1S/C18H25N3O3/c1-24-18(23)14-6-7-15(19)16(12-14)20-8-10-21(11-9-20)17(22)13-4-2-3-5-13/h6-7,12-13H,2-5,8-11,19H2,1H3. The van der Waals surface area contributed by atoms with Crippen LogP contribution in [0.5, 0.6) is 0 Å². The average Bonchev–Trinajstić information content (AvgIpc) is 3.15. The molecule has 130 valence electrons. The van der Waals surface area contributed by atoms with E-state index >= 15 is 0 Å². The number of esters is 1. The van der Waals surface area contributed by atoms with Crippen LogP contribution in [0.2, 0.25) is 0 Å². The van der Waals surface area contributed by atoms with Crippen LogP contribution < -0.4 is 10.6 Å². The summed E-state index contributed by atoms with van der Waals surface area (Å²) in [7, 11) is 1.37. The topological polar surface area (TPSA) is 75.9 Å². The van der Waals surface area contributed by atoms with Gasteiger partial charge in [-0.3, -0.25) is 4.79 Å². The molecule has 1 amide bonds. The minimum Gasteiger partial charge on any atom is -0.465 e. The van der Waals surface area contributed by atoms with Crippen LogP contribution in [0.4, 0.5) is 11.4 Å². The Kier molecular flexibility index (Phi) is 4.92. The molecule has 3 rings (SSSR count). The van der Waals surface area contributed by atoms with Crippen LogP contribution in [0, 0.1) is 5.92 Å². The summed E-state index contributed by atoms with van der Waals surface area (Å²) in [6.07, 6.45) is 4.42. The molecule has 6 heteroatoms. The molecule has 1 aromatic rings. The molecular formula is C18H25N3O3. The molecule has 1 aromatic carbocycles. The van der Waals surface area contributed by atoms with Crippen LogP contribution in [0.1, 0.15) is 36.0 Å². The molecular weight excluding hydrogens is 306 g/mol. The van der Waals surface area contributed by atoms with Gasteiger partial charge in [0, 0.05) is 32.1 Å². The highest BCUT2D eigenvalue weighted by Gasteiger charge is 2.29. The molecule has 24 heavy (non-hydrogen) atoms. The Balaban J connectivity index is 1.66. The Bertz CT molecular complexity index is 618. The van der Waals surface area contributed by atoms with E-state index in [0.717, 1.165) is 31.6 Å². The second-order valence-corrected chi connectivity index (χ2v) is 6.56. The number of piperazine rings is 1. The minimum absolute atomic E-state index is 0.226. The smallest absolute Gasteiger partial charge is 0.337 e. The van der Waals surface area contributed by atoms with Gasteiger partial charge in [0.2, 0.25) is 5.91 Å². The molecule has 1 aliphatic heterocycles. The van der Waals surface area contributed by atoms with Gasteiger partial charge in [0.05, 0.1) is 24.0 Å². The van der Waals surface area contributed by atoms with Gasteiger partial charge in [-0.05, 0) is 31.0 Å². The number of ether oxygens (including phenoxy) is 1. The van der Waals surface area contributed by atoms with Crippen LogP contribution in [-0.4, -0.2) is 50.1 Å². The zero-order valence-corrected chi connectivity index (χ0v) is 14.2. The lowest BCUT2D eigenvalue weighted by atomic mass is 10.1. The molecule has 1 saturated carbocycles. The van der Waals surface area contributed by atoms with E-state index in [4.69, 9.17) is 10.5 Å². The molecule has 0 unspecified atom stereocenters. The van der Waals surface area contributed by atoms with Crippen molar-refractivity contribution in [2.24, 2.45) is 5.92 Å². The summed E-state index contributed by atoms with van der Waals surface area (Å²) in [4.78, 5) is 28.3. The van der Waals surface area contributed by atoms with Gasteiger partial charge in [-0.25, -0.2) is 4.79 Å². The van der Waals surface area contributed by atoms with Crippen LogP contribution in [0.15, 0.2) is 18.2 Å². The number of anilines is 2. The summed E-state index contributed by atoms with van der Waals surface area (Å²) >= 11 is 0. The quantitative estimate of drug-likeness (QED) is 0.676. The van der Waals surface area contributed by atoms with Gasteiger partial charge in [-0.15, -0.1) is 0 Å². The number of carbonyl (C=O) groups is 2. The summed E-state index contributed by atoms with van der Waals surface area (Å²) in [5.74, 6) is 0.166. The second-order valence-electron chi connectivity index (χ2n) is 6.56. The van der Waals surface area contributed by atoms with Gasteiger partial charge in [0.1, 0.15) is 0 Å². The highest BCUT2D eigenvalue weighted by atomic mass is 16.5. The van der Waals surface area contributed by atoms with Crippen molar-refractivity contribution in [2.45, 2.75) is 25.7 Å². The Labute approximate surface area is 142 Å². The van der Waals surface area contributed by atoms with Crippen LogP contribution in [0.3, 0.4) is 0 Å². The lowest BCUT2D eigenvalue weighted by Gasteiger charge is -2.37. The van der Waals surface area contributed by atoms with Crippen molar-refractivity contribution < 1.29 is 14.3 Å². The van der Waals surface area contributed by atoms with E-state index in [-0.39, 0.29) is 11.9 Å². The Morgan fingerprint density at radius 3 is 2.42 bits per heavy atom.